The Hall–Kier alpha value is -2.68. The van der Waals surface area contributed by atoms with Crippen molar-refractivity contribution in [3.05, 3.63) is 76.4 Å². The van der Waals surface area contributed by atoms with Gasteiger partial charge in [-0.25, -0.2) is 4.79 Å². The molecule has 1 N–H and O–H groups in total. The highest BCUT2D eigenvalue weighted by molar-refractivity contribution is 5.97. The molecule has 0 heterocycles. The van der Waals surface area contributed by atoms with Gasteiger partial charge in [0.2, 0.25) is 0 Å². The molecule has 0 atom stereocenters. The molecule has 0 saturated heterocycles. The SMILES string of the molecule is CC(=O)C1=CCC(C2=CCCc3ccc(C(=O)O)cc32)=CC=C1. The second-order valence-corrected chi connectivity index (χ2v) is 5.80. The number of carbonyl (C=O) groups excluding carboxylic acids is 1. The lowest BCUT2D eigenvalue weighted by Gasteiger charge is -2.20. The Morgan fingerprint density at radius 2 is 2.00 bits per heavy atom. The van der Waals surface area contributed by atoms with Crippen molar-refractivity contribution in [1.29, 1.82) is 0 Å². The number of hydrogen-bond acceptors (Lipinski definition) is 2. The van der Waals surface area contributed by atoms with Gasteiger partial charge in [0.1, 0.15) is 0 Å². The Morgan fingerprint density at radius 1 is 1.17 bits per heavy atom. The molecule has 2 aliphatic rings. The number of aromatic carboxylic acids is 1. The van der Waals surface area contributed by atoms with Crippen LogP contribution in [0, 0.1) is 0 Å². The number of Topliss-reactive ketones (excluding diaryl/α,β-unsaturated/α-hetero) is 1. The summed E-state index contributed by atoms with van der Waals surface area (Å²) >= 11 is 0. The van der Waals surface area contributed by atoms with E-state index in [9.17, 15) is 14.7 Å². The third kappa shape index (κ3) is 3.09. The molecule has 0 amide bonds. The molecule has 116 valence electrons. The number of ketones is 1. The van der Waals surface area contributed by atoms with E-state index >= 15 is 0 Å². The lowest BCUT2D eigenvalue weighted by molar-refractivity contribution is -0.113. The van der Waals surface area contributed by atoms with Gasteiger partial charge < -0.3 is 5.11 Å². The second kappa shape index (κ2) is 6.21. The van der Waals surface area contributed by atoms with Crippen LogP contribution in [0.2, 0.25) is 0 Å². The molecule has 1 aromatic carbocycles. The molecule has 3 rings (SSSR count). The van der Waals surface area contributed by atoms with E-state index in [2.05, 4.69) is 6.08 Å². The van der Waals surface area contributed by atoms with E-state index < -0.39 is 5.97 Å². The van der Waals surface area contributed by atoms with Crippen LogP contribution in [0.15, 0.2) is 59.7 Å². The standard InChI is InChI=1S/C20H18O3/c1-13(21)14-4-2-5-15(9-8-14)18-7-3-6-16-10-11-17(20(22)23)12-19(16)18/h2,4-5,7-8,10-12H,3,6,9H2,1H3,(H,22,23). The summed E-state index contributed by atoms with van der Waals surface area (Å²) in [7, 11) is 0. The van der Waals surface area contributed by atoms with Crippen molar-refractivity contribution >= 4 is 17.3 Å². The molecule has 23 heavy (non-hydrogen) atoms. The van der Waals surface area contributed by atoms with Crippen LogP contribution in [0.5, 0.6) is 0 Å². The molecule has 0 fully saturated rings. The number of fused-ring (bicyclic) bond motifs is 1. The number of hydrogen-bond donors (Lipinski definition) is 1. The fourth-order valence-corrected chi connectivity index (χ4v) is 3.05. The van der Waals surface area contributed by atoms with Crippen LogP contribution in [-0.2, 0) is 11.2 Å². The Morgan fingerprint density at radius 3 is 2.74 bits per heavy atom. The second-order valence-electron chi connectivity index (χ2n) is 5.80. The summed E-state index contributed by atoms with van der Waals surface area (Å²) in [5.41, 5.74) is 5.39. The molecule has 1 aromatic rings. The van der Waals surface area contributed by atoms with E-state index in [4.69, 9.17) is 0 Å². The average molecular weight is 306 g/mol. The Kier molecular flexibility index (Phi) is 4.11. The molecule has 3 heteroatoms. The number of benzene rings is 1. The van der Waals surface area contributed by atoms with Crippen LogP contribution < -0.4 is 0 Å². The molecule has 0 spiro atoms. The summed E-state index contributed by atoms with van der Waals surface area (Å²) in [4.78, 5) is 22.8. The van der Waals surface area contributed by atoms with Crippen molar-refractivity contribution in [1.82, 2.24) is 0 Å². The summed E-state index contributed by atoms with van der Waals surface area (Å²) in [5, 5.41) is 9.23. The summed E-state index contributed by atoms with van der Waals surface area (Å²) in [5.74, 6) is -0.853. The van der Waals surface area contributed by atoms with Crippen molar-refractivity contribution in [2.75, 3.05) is 0 Å². The molecular weight excluding hydrogens is 288 g/mol. The van der Waals surface area contributed by atoms with Gasteiger partial charge in [0.15, 0.2) is 5.78 Å². The van der Waals surface area contributed by atoms with Gasteiger partial charge in [-0.3, -0.25) is 4.79 Å². The van der Waals surface area contributed by atoms with Gasteiger partial charge in [-0.05, 0) is 60.6 Å². The molecule has 0 bridgehead atoms. The summed E-state index contributed by atoms with van der Waals surface area (Å²) in [6.07, 6.45) is 12.4. The van der Waals surface area contributed by atoms with Gasteiger partial charge in [0.25, 0.3) is 0 Å². The molecular formula is C20H18O3. The van der Waals surface area contributed by atoms with Crippen molar-refractivity contribution < 1.29 is 14.7 Å². The average Bonchev–Trinajstić information content (AvgIpc) is 2.79. The highest BCUT2D eigenvalue weighted by Gasteiger charge is 2.18. The summed E-state index contributed by atoms with van der Waals surface area (Å²) < 4.78 is 0. The zero-order valence-electron chi connectivity index (χ0n) is 13.0. The van der Waals surface area contributed by atoms with E-state index in [1.807, 2.05) is 30.4 Å². The predicted molar refractivity (Wildman–Crippen MR) is 90.3 cm³/mol. The maximum atomic E-state index is 11.5. The van der Waals surface area contributed by atoms with E-state index in [1.165, 1.54) is 5.56 Å². The van der Waals surface area contributed by atoms with Crippen molar-refractivity contribution in [3.8, 4) is 0 Å². The molecule has 3 nitrogen and oxygen atoms in total. The third-order valence-corrected chi connectivity index (χ3v) is 4.28. The van der Waals surface area contributed by atoms with Crippen LogP contribution in [-0.4, -0.2) is 16.9 Å². The molecule has 0 saturated carbocycles. The van der Waals surface area contributed by atoms with Crippen molar-refractivity contribution in [2.24, 2.45) is 0 Å². The van der Waals surface area contributed by atoms with E-state index in [1.54, 1.807) is 19.1 Å². The minimum atomic E-state index is -0.911. The zero-order valence-corrected chi connectivity index (χ0v) is 13.0. The van der Waals surface area contributed by atoms with Gasteiger partial charge in [-0.2, -0.15) is 0 Å². The number of carboxylic acid groups (broad SMARTS) is 1. The molecule has 0 radical (unpaired) electrons. The van der Waals surface area contributed by atoms with Gasteiger partial charge in [-0.15, -0.1) is 0 Å². The first-order chi connectivity index (χ1) is 11.1. The van der Waals surface area contributed by atoms with Crippen LogP contribution in [0.25, 0.3) is 5.57 Å². The quantitative estimate of drug-likeness (QED) is 0.914. The van der Waals surface area contributed by atoms with Gasteiger partial charge in [0.05, 0.1) is 5.56 Å². The first-order valence-electron chi connectivity index (χ1n) is 7.71. The highest BCUT2D eigenvalue weighted by Crippen LogP contribution is 2.35. The van der Waals surface area contributed by atoms with Gasteiger partial charge in [-0.1, -0.05) is 36.4 Å². The monoisotopic (exact) mass is 306 g/mol. The zero-order chi connectivity index (χ0) is 16.4. The normalized spacial score (nSPS) is 16.7. The van der Waals surface area contributed by atoms with Gasteiger partial charge in [0, 0.05) is 5.57 Å². The highest BCUT2D eigenvalue weighted by atomic mass is 16.4. The Bertz CT molecular complexity index is 804. The molecule has 0 aliphatic heterocycles. The number of carboxylic acids is 1. The van der Waals surface area contributed by atoms with Crippen molar-refractivity contribution in [2.45, 2.75) is 26.2 Å². The largest absolute Gasteiger partial charge is 0.478 e. The molecule has 2 aliphatic carbocycles. The van der Waals surface area contributed by atoms with Crippen LogP contribution in [0.4, 0.5) is 0 Å². The van der Waals surface area contributed by atoms with E-state index in [-0.39, 0.29) is 5.78 Å². The minimum absolute atomic E-state index is 0.0575. The minimum Gasteiger partial charge on any atom is -0.478 e. The summed E-state index contributed by atoms with van der Waals surface area (Å²) in [6.45, 7) is 1.56. The lowest BCUT2D eigenvalue weighted by atomic mass is 9.84. The Labute approximate surface area is 135 Å². The molecule has 0 aromatic heterocycles. The van der Waals surface area contributed by atoms with Crippen LogP contribution >= 0.6 is 0 Å². The van der Waals surface area contributed by atoms with E-state index in [0.717, 1.165) is 29.6 Å². The Balaban J connectivity index is 2.00. The number of carbonyl (C=O) groups is 2. The smallest absolute Gasteiger partial charge is 0.335 e. The lowest BCUT2D eigenvalue weighted by Crippen LogP contribution is -2.05. The topological polar surface area (TPSA) is 54.4 Å². The van der Waals surface area contributed by atoms with Crippen LogP contribution in [0.1, 0.15) is 41.3 Å². The fourth-order valence-electron chi connectivity index (χ4n) is 3.05. The van der Waals surface area contributed by atoms with E-state index in [0.29, 0.717) is 17.6 Å². The summed E-state index contributed by atoms with van der Waals surface area (Å²) in [6, 6.07) is 5.34. The maximum Gasteiger partial charge on any atom is 0.335 e. The predicted octanol–water partition coefficient (Wildman–Crippen LogP) is 4.12. The van der Waals surface area contributed by atoms with Crippen LogP contribution in [0.3, 0.4) is 0 Å². The first kappa shape index (κ1) is 15.2. The number of aryl methyl sites for hydroxylation is 1. The number of allylic oxidation sites excluding steroid dienone is 8. The van der Waals surface area contributed by atoms with Crippen molar-refractivity contribution in [3.63, 3.8) is 0 Å². The number of rotatable bonds is 3. The van der Waals surface area contributed by atoms with Gasteiger partial charge >= 0.3 is 5.97 Å². The maximum absolute atomic E-state index is 11.5. The molecule has 0 unspecified atom stereocenters. The fraction of sp³-hybridized carbons (Fsp3) is 0.200. The third-order valence-electron chi connectivity index (χ3n) is 4.28. The first-order valence-corrected chi connectivity index (χ1v) is 7.71.